The van der Waals surface area contributed by atoms with E-state index < -0.39 is 0 Å². The Morgan fingerprint density at radius 2 is 2.00 bits per heavy atom. The predicted molar refractivity (Wildman–Crippen MR) is 110 cm³/mol. The summed E-state index contributed by atoms with van der Waals surface area (Å²) in [7, 11) is 0. The predicted octanol–water partition coefficient (Wildman–Crippen LogP) is 2.29. The molecule has 0 aliphatic carbocycles. The average molecular weight is 395 g/mol. The van der Waals surface area contributed by atoms with Gasteiger partial charge in [0.15, 0.2) is 11.6 Å². The van der Waals surface area contributed by atoms with E-state index in [9.17, 15) is 9.59 Å². The summed E-state index contributed by atoms with van der Waals surface area (Å²) in [5, 5.41) is 7.48. The number of Topliss-reactive ketones (excluding diaryl/α,β-unsaturated/α-hetero) is 1. The molecule has 8 nitrogen and oxygen atoms in total. The number of aromatic amines is 1. The van der Waals surface area contributed by atoms with Gasteiger partial charge < -0.3 is 14.8 Å². The standard InChI is InChI=1S/C21H25N5O3/c1-14-11-19(24-29-14)23-20(27)13-25-7-9-26(10-8-25)15(2)21(28)17-12-22-18-6-4-3-5-16(17)18/h3-6,11-12,15,22H,7-10,13H2,1-2H3,(H,23,24,27)/t15-/m0/s1. The molecule has 2 N–H and O–H groups in total. The van der Waals surface area contributed by atoms with Crippen LogP contribution in [-0.4, -0.2) is 70.4 Å². The quantitative estimate of drug-likeness (QED) is 0.622. The summed E-state index contributed by atoms with van der Waals surface area (Å²) in [6, 6.07) is 9.33. The van der Waals surface area contributed by atoms with Crippen molar-refractivity contribution in [1.29, 1.82) is 0 Å². The summed E-state index contributed by atoms with van der Waals surface area (Å²) in [6.07, 6.45) is 1.80. The molecule has 0 spiro atoms. The maximum absolute atomic E-state index is 13.0. The second-order valence-electron chi connectivity index (χ2n) is 7.47. The van der Waals surface area contributed by atoms with Crippen molar-refractivity contribution < 1.29 is 14.1 Å². The average Bonchev–Trinajstić information content (AvgIpc) is 3.33. The third-order valence-corrected chi connectivity index (χ3v) is 5.45. The number of piperazine rings is 1. The Morgan fingerprint density at radius 1 is 1.24 bits per heavy atom. The number of hydrogen-bond donors (Lipinski definition) is 2. The van der Waals surface area contributed by atoms with Gasteiger partial charge in [-0.25, -0.2) is 0 Å². The number of carbonyl (C=O) groups excluding carboxylic acids is 2. The molecule has 29 heavy (non-hydrogen) atoms. The molecule has 1 amide bonds. The van der Waals surface area contributed by atoms with Crippen LogP contribution in [0.25, 0.3) is 10.9 Å². The van der Waals surface area contributed by atoms with Gasteiger partial charge in [-0.05, 0) is 19.9 Å². The number of carbonyl (C=O) groups is 2. The molecule has 4 rings (SSSR count). The third-order valence-electron chi connectivity index (χ3n) is 5.45. The molecule has 2 aromatic heterocycles. The molecule has 0 radical (unpaired) electrons. The number of aryl methyl sites for hydroxylation is 1. The molecule has 1 aromatic carbocycles. The van der Waals surface area contributed by atoms with Crippen molar-refractivity contribution in [3.8, 4) is 0 Å². The highest BCUT2D eigenvalue weighted by molar-refractivity contribution is 6.10. The molecule has 3 heterocycles. The number of hydrogen-bond acceptors (Lipinski definition) is 6. The monoisotopic (exact) mass is 395 g/mol. The number of nitrogens with zero attached hydrogens (tertiary/aromatic N) is 3. The minimum Gasteiger partial charge on any atom is -0.360 e. The summed E-state index contributed by atoms with van der Waals surface area (Å²) in [6.45, 7) is 6.98. The van der Waals surface area contributed by atoms with E-state index in [2.05, 4.69) is 25.3 Å². The maximum Gasteiger partial charge on any atom is 0.239 e. The Hall–Kier alpha value is -2.97. The first kappa shape index (κ1) is 19.4. The van der Waals surface area contributed by atoms with Crippen molar-refractivity contribution in [2.75, 3.05) is 38.0 Å². The van der Waals surface area contributed by atoms with Crippen LogP contribution in [0.5, 0.6) is 0 Å². The lowest BCUT2D eigenvalue weighted by atomic mass is 10.0. The van der Waals surface area contributed by atoms with Crippen molar-refractivity contribution in [3.05, 3.63) is 47.9 Å². The zero-order chi connectivity index (χ0) is 20.4. The molecule has 0 unspecified atom stereocenters. The van der Waals surface area contributed by atoms with Crippen LogP contribution < -0.4 is 5.32 Å². The van der Waals surface area contributed by atoms with Gasteiger partial charge in [0.1, 0.15) is 5.76 Å². The number of anilines is 1. The van der Waals surface area contributed by atoms with Gasteiger partial charge >= 0.3 is 0 Å². The Morgan fingerprint density at radius 3 is 2.72 bits per heavy atom. The Bertz CT molecular complexity index is 1020. The molecule has 1 aliphatic rings. The number of fused-ring (bicyclic) bond motifs is 1. The number of rotatable bonds is 6. The zero-order valence-corrected chi connectivity index (χ0v) is 16.6. The minimum atomic E-state index is -0.205. The lowest BCUT2D eigenvalue weighted by Crippen LogP contribution is -2.52. The molecule has 1 fully saturated rings. The van der Waals surface area contributed by atoms with Crippen LogP contribution in [0.3, 0.4) is 0 Å². The van der Waals surface area contributed by atoms with Gasteiger partial charge in [-0.2, -0.15) is 0 Å². The van der Waals surface area contributed by atoms with Crippen molar-refractivity contribution in [2.45, 2.75) is 19.9 Å². The number of benzene rings is 1. The highest BCUT2D eigenvalue weighted by Crippen LogP contribution is 2.21. The molecule has 8 heteroatoms. The van der Waals surface area contributed by atoms with Gasteiger partial charge in [-0.15, -0.1) is 0 Å². The van der Waals surface area contributed by atoms with Crippen LogP contribution in [0.1, 0.15) is 23.0 Å². The number of amides is 1. The van der Waals surface area contributed by atoms with Gasteiger partial charge in [0.05, 0.1) is 12.6 Å². The highest BCUT2D eigenvalue weighted by Gasteiger charge is 2.28. The molecular formula is C21H25N5O3. The first-order valence-corrected chi connectivity index (χ1v) is 9.81. The van der Waals surface area contributed by atoms with Crippen molar-refractivity contribution in [1.82, 2.24) is 19.9 Å². The van der Waals surface area contributed by atoms with Gasteiger partial charge in [0.25, 0.3) is 0 Å². The Balaban J connectivity index is 1.30. The fourth-order valence-electron chi connectivity index (χ4n) is 3.79. The van der Waals surface area contributed by atoms with Crippen LogP contribution in [0.15, 0.2) is 41.1 Å². The molecule has 1 saturated heterocycles. The van der Waals surface area contributed by atoms with Crippen LogP contribution in [-0.2, 0) is 4.79 Å². The van der Waals surface area contributed by atoms with Gasteiger partial charge in [0.2, 0.25) is 5.91 Å². The summed E-state index contributed by atoms with van der Waals surface area (Å²) >= 11 is 0. The molecule has 1 atom stereocenters. The fraction of sp³-hybridized carbons (Fsp3) is 0.381. The van der Waals surface area contributed by atoms with E-state index in [4.69, 9.17) is 4.52 Å². The number of nitrogens with one attached hydrogen (secondary N) is 2. The van der Waals surface area contributed by atoms with E-state index in [-0.39, 0.29) is 17.7 Å². The summed E-state index contributed by atoms with van der Waals surface area (Å²) in [4.78, 5) is 32.7. The molecule has 0 saturated carbocycles. The number of para-hydroxylation sites is 1. The number of H-pyrrole nitrogens is 1. The second kappa shape index (κ2) is 8.18. The van der Waals surface area contributed by atoms with E-state index in [1.165, 1.54) is 0 Å². The van der Waals surface area contributed by atoms with Gasteiger partial charge in [-0.3, -0.25) is 19.4 Å². The maximum atomic E-state index is 13.0. The van der Waals surface area contributed by atoms with Crippen LogP contribution >= 0.6 is 0 Å². The summed E-state index contributed by atoms with van der Waals surface area (Å²) in [5.41, 5.74) is 1.71. The number of aromatic nitrogens is 2. The molecular weight excluding hydrogens is 370 g/mol. The molecule has 1 aliphatic heterocycles. The SMILES string of the molecule is Cc1cc(NC(=O)CN2CCN([C@@H](C)C(=O)c3c[nH]c4ccccc34)CC2)no1. The highest BCUT2D eigenvalue weighted by atomic mass is 16.5. The lowest BCUT2D eigenvalue weighted by molar-refractivity contribution is -0.117. The molecule has 152 valence electrons. The van der Waals surface area contributed by atoms with Crippen LogP contribution in [0.2, 0.25) is 0 Å². The van der Waals surface area contributed by atoms with Crippen molar-refractivity contribution >= 4 is 28.4 Å². The smallest absolute Gasteiger partial charge is 0.239 e. The minimum absolute atomic E-state index is 0.116. The Labute approximate surface area is 168 Å². The number of ketones is 1. The normalized spacial score (nSPS) is 16.8. The first-order valence-electron chi connectivity index (χ1n) is 9.81. The van der Waals surface area contributed by atoms with E-state index >= 15 is 0 Å². The largest absolute Gasteiger partial charge is 0.360 e. The summed E-state index contributed by atoms with van der Waals surface area (Å²) in [5.74, 6) is 1.09. The molecule has 3 aromatic rings. The lowest BCUT2D eigenvalue weighted by Gasteiger charge is -2.37. The summed E-state index contributed by atoms with van der Waals surface area (Å²) < 4.78 is 4.96. The van der Waals surface area contributed by atoms with Gasteiger partial charge in [0, 0.05) is 54.9 Å². The first-order chi connectivity index (χ1) is 14.0. The van der Waals surface area contributed by atoms with Crippen molar-refractivity contribution in [2.24, 2.45) is 0 Å². The Kier molecular flexibility index (Phi) is 5.46. The van der Waals surface area contributed by atoms with E-state index in [1.54, 1.807) is 19.2 Å². The third kappa shape index (κ3) is 4.23. The van der Waals surface area contributed by atoms with Crippen LogP contribution in [0, 0.1) is 6.92 Å². The van der Waals surface area contributed by atoms with Crippen molar-refractivity contribution in [3.63, 3.8) is 0 Å². The van der Waals surface area contributed by atoms with Crippen LogP contribution in [0.4, 0.5) is 5.82 Å². The van der Waals surface area contributed by atoms with E-state index in [0.717, 1.165) is 42.6 Å². The topological polar surface area (TPSA) is 94.5 Å². The van der Waals surface area contributed by atoms with Gasteiger partial charge in [-0.1, -0.05) is 23.4 Å². The molecule has 0 bridgehead atoms. The van der Waals surface area contributed by atoms with E-state index in [1.807, 2.05) is 31.2 Å². The fourth-order valence-corrected chi connectivity index (χ4v) is 3.79. The zero-order valence-electron chi connectivity index (χ0n) is 16.6. The second-order valence-corrected chi connectivity index (χ2v) is 7.47. The van der Waals surface area contributed by atoms with E-state index in [0.29, 0.717) is 18.1 Å².